The molecule has 0 heterocycles. The number of amides is 2. The zero-order valence-corrected chi connectivity index (χ0v) is 18.4. The highest BCUT2D eigenvalue weighted by Crippen LogP contribution is 2.20. The van der Waals surface area contributed by atoms with Crippen molar-refractivity contribution >= 4 is 23.6 Å². The van der Waals surface area contributed by atoms with Gasteiger partial charge in [-0.25, -0.2) is 0 Å². The van der Waals surface area contributed by atoms with E-state index in [1.54, 1.807) is 30.8 Å². The summed E-state index contributed by atoms with van der Waals surface area (Å²) in [6.07, 6.45) is 0.554. The van der Waals surface area contributed by atoms with E-state index in [0.29, 0.717) is 18.7 Å². The van der Waals surface area contributed by atoms with Crippen molar-refractivity contribution < 1.29 is 14.3 Å². The van der Waals surface area contributed by atoms with E-state index in [9.17, 15) is 9.59 Å². The van der Waals surface area contributed by atoms with Crippen molar-refractivity contribution in [2.45, 2.75) is 38.6 Å². The highest BCUT2D eigenvalue weighted by molar-refractivity contribution is 7.99. The molecule has 0 saturated carbocycles. The summed E-state index contributed by atoms with van der Waals surface area (Å²) in [5.74, 6) is 1.63. The van der Waals surface area contributed by atoms with E-state index in [1.165, 1.54) is 11.1 Å². The van der Waals surface area contributed by atoms with Gasteiger partial charge in [-0.05, 0) is 36.6 Å². The second-order valence-electron chi connectivity index (χ2n) is 6.89. The molecule has 1 unspecified atom stereocenters. The molecule has 0 aliphatic carbocycles. The second kappa shape index (κ2) is 11.5. The summed E-state index contributed by atoms with van der Waals surface area (Å²) >= 11 is 1.57. The standard InChI is InChI=1S/C23H30N2O3S/c1-5-21(23(27)24-3)25(14-18-9-7-11-20(13-18)28-4)22(26)16-29-15-19-10-6-8-17(2)12-19/h6-13,21H,5,14-16H2,1-4H3,(H,24,27). The minimum Gasteiger partial charge on any atom is -0.497 e. The van der Waals surface area contributed by atoms with Crippen LogP contribution in [0.4, 0.5) is 0 Å². The molecule has 0 radical (unpaired) electrons. The van der Waals surface area contributed by atoms with Crippen LogP contribution >= 0.6 is 11.8 Å². The van der Waals surface area contributed by atoms with Gasteiger partial charge in [-0.3, -0.25) is 9.59 Å². The zero-order valence-electron chi connectivity index (χ0n) is 17.6. The largest absolute Gasteiger partial charge is 0.497 e. The number of rotatable bonds is 10. The minimum absolute atomic E-state index is 0.0408. The van der Waals surface area contributed by atoms with Crippen LogP contribution in [0.15, 0.2) is 48.5 Å². The molecule has 2 aromatic rings. The Balaban J connectivity index is 2.12. The highest BCUT2D eigenvalue weighted by Gasteiger charge is 2.27. The van der Waals surface area contributed by atoms with Gasteiger partial charge >= 0.3 is 0 Å². The van der Waals surface area contributed by atoms with Gasteiger partial charge in [0, 0.05) is 19.3 Å². The average Bonchev–Trinajstić information content (AvgIpc) is 2.73. The molecule has 29 heavy (non-hydrogen) atoms. The van der Waals surface area contributed by atoms with Gasteiger partial charge in [-0.1, -0.05) is 48.9 Å². The number of methoxy groups -OCH3 is 1. The number of nitrogens with zero attached hydrogens (tertiary/aromatic N) is 1. The Hall–Kier alpha value is -2.47. The summed E-state index contributed by atoms with van der Waals surface area (Å²) in [4.78, 5) is 27.1. The topological polar surface area (TPSA) is 58.6 Å². The average molecular weight is 415 g/mol. The second-order valence-corrected chi connectivity index (χ2v) is 7.88. The SMILES string of the molecule is CCC(C(=O)NC)N(Cc1cccc(OC)c1)C(=O)CSCc1cccc(C)c1. The van der Waals surface area contributed by atoms with Crippen molar-refractivity contribution in [3.63, 3.8) is 0 Å². The maximum absolute atomic E-state index is 13.1. The van der Waals surface area contributed by atoms with Crippen LogP contribution in [0.25, 0.3) is 0 Å². The highest BCUT2D eigenvalue weighted by atomic mass is 32.2. The molecule has 0 spiro atoms. The molecule has 5 nitrogen and oxygen atoms in total. The van der Waals surface area contributed by atoms with Gasteiger partial charge in [0.1, 0.15) is 11.8 Å². The molecular formula is C23H30N2O3S. The van der Waals surface area contributed by atoms with Crippen LogP contribution in [0, 0.1) is 6.92 Å². The fourth-order valence-electron chi connectivity index (χ4n) is 3.19. The minimum atomic E-state index is -0.502. The molecule has 2 rings (SSSR count). The molecule has 0 fully saturated rings. The van der Waals surface area contributed by atoms with Gasteiger partial charge < -0.3 is 15.0 Å². The summed E-state index contributed by atoms with van der Waals surface area (Å²) < 4.78 is 5.29. The number of aryl methyl sites for hydroxylation is 1. The molecule has 2 aromatic carbocycles. The van der Waals surface area contributed by atoms with E-state index in [1.807, 2.05) is 37.3 Å². The smallest absolute Gasteiger partial charge is 0.242 e. The lowest BCUT2D eigenvalue weighted by Crippen LogP contribution is -2.48. The number of hydrogen-bond donors (Lipinski definition) is 1. The number of nitrogens with one attached hydrogen (secondary N) is 1. The van der Waals surface area contributed by atoms with E-state index in [0.717, 1.165) is 17.1 Å². The predicted octanol–water partition coefficient (Wildman–Crippen LogP) is 3.79. The van der Waals surface area contributed by atoms with Gasteiger partial charge in [0.25, 0.3) is 0 Å². The van der Waals surface area contributed by atoms with Crippen molar-refractivity contribution in [2.75, 3.05) is 19.9 Å². The summed E-state index contributed by atoms with van der Waals surface area (Å²) in [7, 11) is 3.22. The Bertz CT molecular complexity index is 825. The van der Waals surface area contributed by atoms with Crippen molar-refractivity contribution in [3.8, 4) is 5.75 Å². The summed E-state index contributed by atoms with van der Waals surface area (Å²) in [5.41, 5.74) is 3.34. The molecular weight excluding hydrogens is 384 g/mol. The molecule has 1 N–H and O–H groups in total. The van der Waals surface area contributed by atoms with Gasteiger partial charge in [-0.2, -0.15) is 0 Å². The number of likely N-dealkylation sites (N-methyl/N-ethyl adjacent to an activating group) is 1. The molecule has 2 amide bonds. The van der Waals surface area contributed by atoms with E-state index in [-0.39, 0.29) is 11.8 Å². The summed E-state index contributed by atoms with van der Waals surface area (Å²) in [6, 6.07) is 15.4. The lowest BCUT2D eigenvalue weighted by atomic mass is 10.1. The van der Waals surface area contributed by atoms with Gasteiger partial charge in [0.05, 0.1) is 12.9 Å². The number of thioether (sulfide) groups is 1. The van der Waals surface area contributed by atoms with Crippen LogP contribution in [-0.2, 0) is 21.9 Å². The number of benzene rings is 2. The third-order valence-corrected chi connectivity index (χ3v) is 5.68. The number of carbonyl (C=O) groups excluding carboxylic acids is 2. The number of ether oxygens (including phenoxy) is 1. The van der Waals surface area contributed by atoms with Crippen LogP contribution < -0.4 is 10.1 Å². The number of carbonyl (C=O) groups is 2. The van der Waals surface area contributed by atoms with Gasteiger partial charge in [0.2, 0.25) is 11.8 Å². The van der Waals surface area contributed by atoms with Crippen LogP contribution in [-0.4, -0.2) is 42.7 Å². The molecule has 1 atom stereocenters. The van der Waals surface area contributed by atoms with E-state index >= 15 is 0 Å². The van der Waals surface area contributed by atoms with Gasteiger partial charge in [-0.15, -0.1) is 11.8 Å². The first-order chi connectivity index (χ1) is 14.0. The monoisotopic (exact) mass is 414 g/mol. The summed E-state index contributed by atoms with van der Waals surface area (Å²) in [6.45, 7) is 4.35. The van der Waals surface area contributed by atoms with Crippen molar-refractivity contribution in [1.29, 1.82) is 0 Å². The lowest BCUT2D eigenvalue weighted by Gasteiger charge is -2.30. The Morgan fingerprint density at radius 1 is 1.14 bits per heavy atom. The van der Waals surface area contributed by atoms with Crippen LogP contribution in [0.1, 0.15) is 30.0 Å². The number of hydrogen-bond acceptors (Lipinski definition) is 4. The predicted molar refractivity (Wildman–Crippen MR) is 119 cm³/mol. The Morgan fingerprint density at radius 3 is 2.52 bits per heavy atom. The quantitative estimate of drug-likeness (QED) is 0.643. The lowest BCUT2D eigenvalue weighted by molar-refractivity contribution is -0.139. The molecule has 0 aliphatic rings. The first-order valence-electron chi connectivity index (χ1n) is 9.75. The van der Waals surface area contributed by atoms with Crippen LogP contribution in [0.3, 0.4) is 0 Å². The third-order valence-electron chi connectivity index (χ3n) is 4.70. The molecule has 6 heteroatoms. The zero-order chi connectivity index (χ0) is 21.2. The molecule has 0 aromatic heterocycles. The maximum Gasteiger partial charge on any atom is 0.242 e. The fourth-order valence-corrected chi connectivity index (χ4v) is 4.05. The molecule has 0 aliphatic heterocycles. The molecule has 0 bridgehead atoms. The van der Waals surface area contributed by atoms with E-state index < -0.39 is 6.04 Å². The summed E-state index contributed by atoms with van der Waals surface area (Å²) in [5, 5.41) is 2.68. The normalized spacial score (nSPS) is 11.6. The van der Waals surface area contributed by atoms with Crippen molar-refractivity contribution in [3.05, 3.63) is 65.2 Å². The fraction of sp³-hybridized carbons (Fsp3) is 0.391. The Labute approximate surface area is 177 Å². The van der Waals surface area contributed by atoms with Crippen LogP contribution in [0.2, 0.25) is 0 Å². The van der Waals surface area contributed by atoms with Crippen LogP contribution in [0.5, 0.6) is 5.75 Å². The molecule has 156 valence electrons. The van der Waals surface area contributed by atoms with Gasteiger partial charge in [0.15, 0.2) is 0 Å². The first kappa shape index (κ1) is 22.8. The Kier molecular flexibility index (Phi) is 9.06. The first-order valence-corrected chi connectivity index (χ1v) is 10.9. The Morgan fingerprint density at radius 2 is 1.86 bits per heavy atom. The third kappa shape index (κ3) is 6.82. The van der Waals surface area contributed by atoms with E-state index in [4.69, 9.17) is 4.74 Å². The maximum atomic E-state index is 13.1. The van der Waals surface area contributed by atoms with E-state index in [2.05, 4.69) is 30.4 Å². The van der Waals surface area contributed by atoms with Crippen molar-refractivity contribution in [2.24, 2.45) is 0 Å². The van der Waals surface area contributed by atoms with Crippen molar-refractivity contribution in [1.82, 2.24) is 10.2 Å². The molecule has 0 saturated heterocycles.